The molecule has 0 saturated carbocycles. The van der Waals surface area contributed by atoms with Crippen molar-refractivity contribution in [3.05, 3.63) is 35.9 Å². The summed E-state index contributed by atoms with van der Waals surface area (Å²) in [5.74, 6) is 0.353. The van der Waals surface area contributed by atoms with Crippen LogP contribution in [0.15, 0.2) is 30.3 Å². The third kappa shape index (κ3) is 3.84. The van der Waals surface area contributed by atoms with Gasteiger partial charge in [0.05, 0.1) is 12.1 Å². The second-order valence-electron chi connectivity index (χ2n) is 4.76. The van der Waals surface area contributed by atoms with Crippen molar-refractivity contribution in [3.63, 3.8) is 0 Å². The Morgan fingerprint density at radius 3 is 2.22 bits per heavy atom. The number of carbonyl (C=O) groups excluding carboxylic acids is 1. The fraction of sp³-hybridized carbons (Fsp3) is 0.533. The first-order chi connectivity index (χ1) is 8.60. The number of rotatable bonds is 6. The quantitative estimate of drug-likeness (QED) is 0.813. The summed E-state index contributed by atoms with van der Waals surface area (Å²) in [6.45, 7) is 6.02. The Morgan fingerprint density at radius 2 is 1.78 bits per heavy atom. The number of benzene rings is 1. The highest BCUT2D eigenvalue weighted by Gasteiger charge is 2.23. The first kappa shape index (κ1) is 14.7. The molecule has 0 spiro atoms. The molecule has 0 aliphatic carbocycles. The summed E-state index contributed by atoms with van der Waals surface area (Å²) in [6, 6.07) is 9.70. The van der Waals surface area contributed by atoms with Gasteiger partial charge >= 0.3 is 0 Å². The summed E-state index contributed by atoms with van der Waals surface area (Å²) in [5, 5.41) is 3.07. The Kier molecular flexibility index (Phi) is 5.86. The minimum absolute atomic E-state index is 0.0553. The molecule has 100 valence electrons. The van der Waals surface area contributed by atoms with Gasteiger partial charge in [0.15, 0.2) is 0 Å². The van der Waals surface area contributed by atoms with Gasteiger partial charge in [-0.2, -0.15) is 0 Å². The lowest BCUT2D eigenvalue weighted by Crippen LogP contribution is -2.42. The van der Waals surface area contributed by atoms with E-state index in [9.17, 15) is 4.79 Å². The number of amides is 1. The summed E-state index contributed by atoms with van der Waals surface area (Å²) < 4.78 is 0. The fourth-order valence-electron chi connectivity index (χ4n) is 2.18. The maximum Gasteiger partial charge on any atom is 0.237 e. The Morgan fingerprint density at radius 1 is 1.22 bits per heavy atom. The topological polar surface area (TPSA) is 55.1 Å². The second-order valence-corrected chi connectivity index (χ2v) is 4.76. The van der Waals surface area contributed by atoms with E-state index in [1.807, 2.05) is 18.2 Å². The molecule has 0 fully saturated rings. The second kappa shape index (κ2) is 7.17. The van der Waals surface area contributed by atoms with Crippen molar-refractivity contribution >= 4 is 5.91 Å². The van der Waals surface area contributed by atoms with Gasteiger partial charge in [-0.05, 0) is 18.4 Å². The van der Waals surface area contributed by atoms with Gasteiger partial charge in [-0.3, -0.25) is 4.79 Å². The van der Waals surface area contributed by atoms with E-state index < -0.39 is 6.04 Å². The summed E-state index contributed by atoms with van der Waals surface area (Å²) in [7, 11) is 0. The van der Waals surface area contributed by atoms with Crippen molar-refractivity contribution in [2.45, 2.75) is 45.7 Å². The molecule has 1 aromatic rings. The molecule has 18 heavy (non-hydrogen) atoms. The number of hydrogen-bond donors (Lipinski definition) is 2. The Balaban J connectivity index is 2.92. The molecule has 3 N–H and O–H groups in total. The maximum atomic E-state index is 11.8. The molecule has 3 heteroatoms. The Labute approximate surface area is 110 Å². The molecular weight excluding hydrogens is 224 g/mol. The predicted molar refractivity (Wildman–Crippen MR) is 75.0 cm³/mol. The van der Waals surface area contributed by atoms with Gasteiger partial charge in [-0.1, -0.05) is 57.0 Å². The lowest BCUT2D eigenvalue weighted by atomic mass is 9.88. The van der Waals surface area contributed by atoms with Gasteiger partial charge in [-0.15, -0.1) is 0 Å². The average molecular weight is 248 g/mol. The fourth-order valence-corrected chi connectivity index (χ4v) is 2.18. The highest BCUT2D eigenvalue weighted by molar-refractivity contribution is 5.81. The average Bonchev–Trinajstić information content (AvgIpc) is 2.39. The first-order valence-corrected chi connectivity index (χ1v) is 6.71. The van der Waals surface area contributed by atoms with E-state index in [-0.39, 0.29) is 11.9 Å². The largest absolute Gasteiger partial charge is 0.348 e. The molecule has 0 aliphatic heterocycles. The van der Waals surface area contributed by atoms with Gasteiger partial charge in [0.1, 0.15) is 0 Å². The van der Waals surface area contributed by atoms with E-state index in [0.29, 0.717) is 5.92 Å². The number of carbonyl (C=O) groups is 1. The van der Waals surface area contributed by atoms with Crippen LogP contribution < -0.4 is 11.1 Å². The molecular formula is C15H24N2O. The molecule has 1 rings (SSSR count). The normalized spacial score (nSPS) is 14.3. The molecule has 2 unspecified atom stereocenters. The van der Waals surface area contributed by atoms with Gasteiger partial charge in [0.25, 0.3) is 0 Å². The summed E-state index contributed by atoms with van der Waals surface area (Å²) in [4.78, 5) is 11.8. The maximum absolute atomic E-state index is 11.8. The van der Waals surface area contributed by atoms with Crippen LogP contribution in [0, 0.1) is 5.92 Å². The van der Waals surface area contributed by atoms with E-state index in [1.165, 1.54) is 0 Å². The van der Waals surface area contributed by atoms with E-state index >= 15 is 0 Å². The predicted octanol–water partition coefficient (Wildman–Crippen LogP) is 2.63. The SMILES string of the molecule is CCC(CC)C(NC(=O)C(C)N)c1ccccc1. The van der Waals surface area contributed by atoms with Crippen LogP contribution >= 0.6 is 0 Å². The molecule has 0 aromatic heterocycles. The minimum atomic E-state index is -0.467. The van der Waals surface area contributed by atoms with Crippen molar-refractivity contribution in [3.8, 4) is 0 Å². The minimum Gasteiger partial charge on any atom is -0.348 e. The lowest BCUT2D eigenvalue weighted by Gasteiger charge is -2.27. The molecule has 0 saturated heterocycles. The van der Waals surface area contributed by atoms with Crippen LogP contribution in [-0.2, 0) is 4.79 Å². The van der Waals surface area contributed by atoms with Crippen molar-refractivity contribution in [2.24, 2.45) is 11.7 Å². The monoisotopic (exact) mass is 248 g/mol. The Bertz CT molecular complexity index is 358. The van der Waals surface area contributed by atoms with Crippen LogP contribution in [0.1, 0.15) is 45.2 Å². The van der Waals surface area contributed by atoms with E-state index in [2.05, 4.69) is 31.3 Å². The van der Waals surface area contributed by atoms with Crippen molar-refractivity contribution in [1.82, 2.24) is 5.32 Å². The standard InChI is InChI=1S/C15H24N2O/c1-4-12(5-2)14(17-15(18)11(3)16)13-9-7-6-8-10-13/h6-12,14H,4-5,16H2,1-3H3,(H,17,18). The number of nitrogens with two attached hydrogens (primary N) is 1. The van der Waals surface area contributed by atoms with E-state index in [1.54, 1.807) is 6.92 Å². The van der Waals surface area contributed by atoms with Gasteiger partial charge in [-0.25, -0.2) is 0 Å². The summed E-state index contributed by atoms with van der Waals surface area (Å²) in [6.07, 6.45) is 2.07. The third-order valence-corrected chi connectivity index (χ3v) is 3.39. The molecule has 1 aromatic carbocycles. The van der Waals surface area contributed by atoms with Crippen molar-refractivity contribution in [1.29, 1.82) is 0 Å². The molecule has 0 radical (unpaired) electrons. The summed E-state index contributed by atoms with van der Waals surface area (Å²) in [5.41, 5.74) is 6.79. The van der Waals surface area contributed by atoms with E-state index in [4.69, 9.17) is 5.73 Å². The van der Waals surface area contributed by atoms with Gasteiger partial charge in [0, 0.05) is 0 Å². The van der Waals surface area contributed by atoms with Crippen molar-refractivity contribution < 1.29 is 4.79 Å². The molecule has 1 amide bonds. The van der Waals surface area contributed by atoms with Crippen LogP contribution in [-0.4, -0.2) is 11.9 Å². The zero-order valence-electron chi connectivity index (χ0n) is 11.5. The molecule has 3 nitrogen and oxygen atoms in total. The zero-order chi connectivity index (χ0) is 13.5. The third-order valence-electron chi connectivity index (χ3n) is 3.39. The van der Waals surface area contributed by atoms with Crippen molar-refractivity contribution in [2.75, 3.05) is 0 Å². The number of hydrogen-bond acceptors (Lipinski definition) is 2. The van der Waals surface area contributed by atoms with E-state index in [0.717, 1.165) is 18.4 Å². The molecule has 0 bridgehead atoms. The first-order valence-electron chi connectivity index (χ1n) is 6.71. The van der Waals surface area contributed by atoms with Crippen LogP contribution in [0.4, 0.5) is 0 Å². The Hall–Kier alpha value is -1.35. The number of nitrogens with one attached hydrogen (secondary N) is 1. The van der Waals surface area contributed by atoms with Crippen LogP contribution in [0.3, 0.4) is 0 Å². The highest BCUT2D eigenvalue weighted by atomic mass is 16.2. The molecule has 2 atom stereocenters. The molecule has 0 aliphatic rings. The van der Waals surface area contributed by atoms with Gasteiger partial charge < -0.3 is 11.1 Å². The summed E-state index contributed by atoms with van der Waals surface area (Å²) >= 11 is 0. The lowest BCUT2D eigenvalue weighted by molar-refractivity contribution is -0.123. The van der Waals surface area contributed by atoms with Crippen LogP contribution in [0.2, 0.25) is 0 Å². The van der Waals surface area contributed by atoms with Gasteiger partial charge in [0.2, 0.25) is 5.91 Å². The van der Waals surface area contributed by atoms with Crippen LogP contribution in [0.25, 0.3) is 0 Å². The van der Waals surface area contributed by atoms with Crippen LogP contribution in [0.5, 0.6) is 0 Å². The molecule has 0 heterocycles. The highest BCUT2D eigenvalue weighted by Crippen LogP contribution is 2.27. The smallest absolute Gasteiger partial charge is 0.237 e. The zero-order valence-corrected chi connectivity index (χ0v) is 11.5.